The zero-order valence-electron chi connectivity index (χ0n) is 20.1. The zero-order chi connectivity index (χ0) is 26.2. The average molecular weight is 504 g/mol. The van der Waals surface area contributed by atoms with Gasteiger partial charge in [-0.1, -0.05) is 0 Å². The van der Waals surface area contributed by atoms with Crippen LogP contribution in [-0.2, 0) is 13.2 Å². The molecule has 2 aromatic carbocycles. The lowest BCUT2D eigenvalue weighted by Gasteiger charge is -2.06. The quantitative estimate of drug-likeness (QED) is 0.218. The maximum absolute atomic E-state index is 12.4. The predicted octanol–water partition coefficient (Wildman–Crippen LogP) is 4.89. The van der Waals surface area contributed by atoms with Crippen LogP contribution in [0.1, 0.15) is 45.1 Å². The molecule has 2 heterocycles. The molecular formula is C27H24N2O8. The highest BCUT2D eigenvalue weighted by Crippen LogP contribution is 2.19. The van der Waals surface area contributed by atoms with Gasteiger partial charge in [0.1, 0.15) is 42.0 Å². The number of hydrazone groups is 1. The van der Waals surface area contributed by atoms with Crippen molar-refractivity contribution in [3.05, 3.63) is 101 Å². The predicted molar refractivity (Wildman–Crippen MR) is 132 cm³/mol. The second kappa shape index (κ2) is 11.6. The van der Waals surface area contributed by atoms with Gasteiger partial charge in [-0.15, -0.1) is 0 Å². The summed E-state index contributed by atoms with van der Waals surface area (Å²) in [6, 6.07) is 20.3. The Bertz CT molecular complexity index is 1380. The Morgan fingerprint density at radius 3 is 1.84 bits per heavy atom. The first-order valence-electron chi connectivity index (χ1n) is 11.2. The van der Waals surface area contributed by atoms with Gasteiger partial charge in [0.15, 0.2) is 5.76 Å². The van der Waals surface area contributed by atoms with Gasteiger partial charge in [0.2, 0.25) is 5.76 Å². The lowest BCUT2D eigenvalue weighted by Crippen LogP contribution is -2.18. The molecule has 0 aliphatic carbocycles. The summed E-state index contributed by atoms with van der Waals surface area (Å²) in [6.07, 6.45) is 0. The number of nitrogens with one attached hydrogen (secondary N) is 1. The lowest BCUT2D eigenvalue weighted by molar-refractivity contribution is 0.0658. The van der Waals surface area contributed by atoms with Crippen LogP contribution in [0.25, 0.3) is 0 Å². The molecule has 0 unspecified atom stereocenters. The molecule has 0 aliphatic rings. The van der Waals surface area contributed by atoms with E-state index in [0.29, 0.717) is 28.7 Å². The van der Waals surface area contributed by atoms with Crippen molar-refractivity contribution < 1.29 is 37.7 Å². The van der Waals surface area contributed by atoms with Gasteiger partial charge in [0, 0.05) is 0 Å². The molecule has 4 rings (SSSR count). The maximum atomic E-state index is 12.4. The van der Waals surface area contributed by atoms with E-state index >= 15 is 0 Å². The van der Waals surface area contributed by atoms with Crippen molar-refractivity contribution in [2.75, 3.05) is 7.11 Å². The lowest BCUT2D eigenvalue weighted by atomic mass is 10.1. The van der Waals surface area contributed by atoms with Crippen LogP contribution in [0.3, 0.4) is 0 Å². The first-order valence-corrected chi connectivity index (χ1v) is 11.2. The van der Waals surface area contributed by atoms with Crippen LogP contribution in [0.4, 0.5) is 0 Å². The average Bonchev–Trinajstić information content (AvgIpc) is 3.60. The molecule has 2 N–H and O–H groups in total. The normalized spacial score (nSPS) is 11.1. The van der Waals surface area contributed by atoms with Gasteiger partial charge in [-0.2, -0.15) is 5.10 Å². The molecule has 1 amide bonds. The molecule has 190 valence electrons. The fraction of sp³-hybridized carbons (Fsp3) is 0.148. The third-order valence-electron chi connectivity index (χ3n) is 5.18. The molecular weight excluding hydrogens is 480 g/mol. The molecule has 10 heteroatoms. The Morgan fingerprint density at radius 1 is 0.784 bits per heavy atom. The molecule has 0 fully saturated rings. The van der Waals surface area contributed by atoms with Crippen molar-refractivity contribution in [3.63, 3.8) is 0 Å². The van der Waals surface area contributed by atoms with E-state index in [-0.39, 0.29) is 24.7 Å². The number of carboxylic acids is 1. The second-order valence-electron chi connectivity index (χ2n) is 7.75. The van der Waals surface area contributed by atoms with Crippen LogP contribution in [0, 0.1) is 0 Å². The van der Waals surface area contributed by atoms with Crippen LogP contribution in [0.15, 0.2) is 86.7 Å². The van der Waals surface area contributed by atoms with Gasteiger partial charge in [-0.25, -0.2) is 10.2 Å². The van der Waals surface area contributed by atoms with E-state index in [1.807, 2.05) is 0 Å². The summed E-state index contributed by atoms with van der Waals surface area (Å²) in [6.45, 7) is 2.01. The van der Waals surface area contributed by atoms with Crippen molar-refractivity contribution in [2.24, 2.45) is 5.10 Å². The highest BCUT2D eigenvalue weighted by atomic mass is 16.5. The van der Waals surface area contributed by atoms with E-state index in [4.69, 9.17) is 28.2 Å². The Labute approximate surface area is 212 Å². The molecule has 0 aliphatic heterocycles. The molecule has 37 heavy (non-hydrogen) atoms. The van der Waals surface area contributed by atoms with Gasteiger partial charge >= 0.3 is 11.9 Å². The molecule has 0 atom stereocenters. The smallest absolute Gasteiger partial charge is 0.371 e. The summed E-state index contributed by atoms with van der Waals surface area (Å²) in [5.74, 6) is 1.17. The summed E-state index contributed by atoms with van der Waals surface area (Å²) >= 11 is 0. The van der Waals surface area contributed by atoms with E-state index in [1.54, 1.807) is 80.8 Å². The summed E-state index contributed by atoms with van der Waals surface area (Å²) in [5, 5.41) is 13.0. The zero-order valence-corrected chi connectivity index (χ0v) is 20.1. The minimum atomic E-state index is -1.14. The summed E-state index contributed by atoms with van der Waals surface area (Å²) in [4.78, 5) is 23.3. The van der Waals surface area contributed by atoms with Gasteiger partial charge in [-0.3, -0.25) is 4.79 Å². The van der Waals surface area contributed by atoms with Crippen LogP contribution in [0.2, 0.25) is 0 Å². The molecule has 0 spiro atoms. The summed E-state index contributed by atoms with van der Waals surface area (Å²) in [5.41, 5.74) is 3.82. The molecule has 0 radical (unpaired) electrons. The topological polar surface area (TPSA) is 133 Å². The number of carbonyl (C=O) groups excluding carboxylic acids is 1. The monoisotopic (exact) mass is 504 g/mol. The molecule has 0 saturated carbocycles. The SMILES string of the molecule is COc1ccc(OCc2ccc(C(=O)NN=C(C)c3ccc(OCc4ccc(C(=O)O)o4)cc3)o2)cc1. The number of amides is 1. The highest BCUT2D eigenvalue weighted by Gasteiger charge is 2.12. The van der Waals surface area contributed by atoms with Crippen LogP contribution < -0.4 is 19.6 Å². The maximum Gasteiger partial charge on any atom is 0.371 e. The van der Waals surface area contributed by atoms with Crippen molar-refractivity contribution in [1.82, 2.24) is 5.43 Å². The van der Waals surface area contributed by atoms with Gasteiger partial charge < -0.3 is 28.2 Å². The molecule has 4 aromatic rings. The van der Waals surface area contributed by atoms with E-state index in [9.17, 15) is 9.59 Å². The Kier molecular flexibility index (Phi) is 7.89. The second-order valence-corrected chi connectivity index (χ2v) is 7.75. The Balaban J connectivity index is 1.26. The van der Waals surface area contributed by atoms with E-state index in [0.717, 1.165) is 11.3 Å². The number of methoxy groups -OCH3 is 1. The molecule has 0 bridgehead atoms. The van der Waals surface area contributed by atoms with Gasteiger partial charge in [0.25, 0.3) is 0 Å². The third kappa shape index (κ3) is 6.79. The number of furan rings is 2. The van der Waals surface area contributed by atoms with E-state index in [1.165, 1.54) is 6.07 Å². The highest BCUT2D eigenvalue weighted by molar-refractivity contribution is 6.00. The number of hydrogen-bond acceptors (Lipinski definition) is 8. The molecule has 0 saturated heterocycles. The van der Waals surface area contributed by atoms with Crippen molar-refractivity contribution in [3.8, 4) is 17.2 Å². The Hall–Kier alpha value is -4.99. The van der Waals surface area contributed by atoms with Crippen LogP contribution >= 0.6 is 0 Å². The molecule has 10 nitrogen and oxygen atoms in total. The number of aromatic carboxylic acids is 1. The first-order chi connectivity index (χ1) is 17.9. The fourth-order valence-electron chi connectivity index (χ4n) is 3.18. The third-order valence-corrected chi connectivity index (χ3v) is 5.18. The van der Waals surface area contributed by atoms with Crippen LogP contribution in [-0.4, -0.2) is 29.8 Å². The van der Waals surface area contributed by atoms with Crippen molar-refractivity contribution in [1.29, 1.82) is 0 Å². The number of carbonyl (C=O) groups is 2. The van der Waals surface area contributed by atoms with E-state index < -0.39 is 11.9 Å². The standard InChI is InChI=1S/C27H24N2O8/c1-17(18-3-5-20(6-4-18)34-16-23-12-14-25(37-23)27(31)32)28-29-26(30)24-13-11-22(36-24)15-35-21-9-7-19(33-2)8-10-21/h3-14H,15-16H2,1-2H3,(H,29,30)(H,31,32). The number of hydrogen-bond donors (Lipinski definition) is 2. The van der Waals surface area contributed by atoms with Gasteiger partial charge in [-0.05, 0) is 85.3 Å². The number of rotatable bonds is 11. The largest absolute Gasteiger partial charge is 0.497 e. The number of carboxylic acid groups (broad SMARTS) is 1. The number of benzene rings is 2. The molecule has 2 aromatic heterocycles. The van der Waals surface area contributed by atoms with Crippen LogP contribution in [0.5, 0.6) is 17.2 Å². The fourth-order valence-corrected chi connectivity index (χ4v) is 3.18. The summed E-state index contributed by atoms with van der Waals surface area (Å²) < 4.78 is 27.1. The minimum Gasteiger partial charge on any atom is -0.497 e. The minimum absolute atomic E-state index is 0.0893. The summed E-state index contributed by atoms with van der Waals surface area (Å²) in [7, 11) is 1.59. The van der Waals surface area contributed by atoms with Crippen molar-refractivity contribution >= 4 is 17.6 Å². The number of ether oxygens (including phenoxy) is 3. The van der Waals surface area contributed by atoms with E-state index in [2.05, 4.69) is 10.5 Å². The van der Waals surface area contributed by atoms with Crippen molar-refractivity contribution in [2.45, 2.75) is 20.1 Å². The first kappa shape index (κ1) is 25.1. The Morgan fingerprint density at radius 2 is 1.30 bits per heavy atom. The number of nitrogens with zero attached hydrogens (tertiary/aromatic N) is 1. The van der Waals surface area contributed by atoms with Gasteiger partial charge in [0.05, 0.1) is 12.8 Å².